The fourth-order valence-corrected chi connectivity index (χ4v) is 8.02. The zero-order chi connectivity index (χ0) is 41.3. The molecule has 0 fully saturated rings. The lowest BCUT2D eigenvalue weighted by atomic mass is 9.91. The molecule has 3 heteroatoms. The van der Waals surface area contributed by atoms with Crippen molar-refractivity contribution in [3.8, 4) is 44.5 Å². The molecular weight excluding hydrogens is 715 g/mol. The second kappa shape index (κ2) is 18.5. The summed E-state index contributed by atoms with van der Waals surface area (Å²) in [6, 6.07) is 48.3. The van der Waals surface area contributed by atoms with Crippen LogP contribution in [0.5, 0.6) is 0 Å². The minimum Gasteiger partial charge on any atom is -0.261 e. The Morgan fingerprint density at radius 2 is 1.41 bits per heavy atom. The minimum atomic E-state index is 0.409. The van der Waals surface area contributed by atoms with Crippen LogP contribution in [0.15, 0.2) is 204 Å². The van der Waals surface area contributed by atoms with E-state index in [0.717, 1.165) is 40.7 Å². The predicted molar refractivity (Wildman–Crippen MR) is 256 cm³/mol. The Kier molecular flexibility index (Phi) is 12.6. The van der Waals surface area contributed by atoms with Gasteiger partial charge in [0.1, 0.15) is 0 Å². The number of hydrogen-bond donors (Lipinski definition) is 0. The van der Waals surface area contributed by atoms with Crippen molar-refractivity contribution in [2.75, 3.05) is 0 Å². The smallest absolute Gasteiger partial charge is 0.160 e. The lowest BCUT2D eigenvalue weighted by Crippen LogP contribution is -2.09. The van der Waals surface area contributed by atoms with Gasteiger partial charge in [0.05, 0.1) is 6.54 Å². The van der Waals surface area contributed by atoms with E-state index in [1.54, 1.807) is 0 Å². The van der Waals surface area contributed by atoms with Gasteiger partial charge in [-0.25, -0.2) is 9.98 Å². The first-order valence-electron chi connectivity index (χ1n) is 20.3. The fourth-order valence-electron chi connectivity index (χ4n) is 8.02. The molecular formula is C56H51N3. The van der Waals surface area contributed by atoms with Crippen LogP contribution < -0.4 is 0 Å². The first-order valence-corrected chi connectivity index (χ1v) is 20.3. The molecule has 0 saturated carbocycles. The van der Waals surface area contributed by atoms with Crippen molar-refractivity contribution in [3.63, 3.8) is 0 Å². The van der Waals surface area contributed by atoms with Gasteiger partial charge in [0, 0.05) is 11.1 Å². The Labute approximate surface area is 350 Å². The third kappa shape index (κ3) is 8.96. The molecule has 0 saturated heterocycles. The Bertz CT molecular complexity index is 2670. The van der Waals surface area contributed by atoms with Gasteiger partial charge in [-0.15, -0.1) is 13.2 Å². The number of benzene rings is 6. The van der Waals surface area contributed by atoms with E-state index in [4.69, 9.17) is 9.98 Å². The highest BCUT2D eigenvalue weighted by atomic mass is 15.0. The highest BCUT2D eigenvalue weighted by Gasteiger charge is 2.25. The van der Waals surface area contributed by atoms with Gasteiger partial charge in [-0.05, 0) is 136 Å². The van der Waals surface area contributed by atoms with Crippen molar-refractivity contribution in [2.24, 2.45) is 20.9 Å². The topological polar surface area (TPSA) is 37.1 Å². The standard InChI is InChI=1S/C54H47N3.C2H4/c1-6-39(7-2)47-31-48(33-49(32-47)42-18-11-14-36(3)28-42)41-24-22-40(23-25-41)43-26-27-44-30-45-19-13-21-50(52(45)51(44)34-43)54(56-35-38-16-9-8-10-17-38)57-53(55-5)46-20-12-15-37(4)29-46;1-2/h6-14,16-29,31-34,37H,1,5,15,30,35H2,2-4H3;1-2H2/b39-7+,56-54?,57-53?;. The third-order valence-electron chi connectivity index (χ3n) is 11.0. The van der Waals surface area contributed by atoms with Crippen LogP contribution in [-0.2, 0) is 13.0 Å². The van der Waals surface area contributed by atoms with Crippen LogP contribution in [0.2, 0.25) is 0 Å². The number of aryl methyl sites for hydroxylation is 1. The van der Waals surface area contributed by atoms with Crippen LogP contribution in [-0.4, -0.2) is 18.4 Å². The molecule has 0 N–H and O–H groups in total. The SMILES string of the molecule is C=C.C=C/C(=C\C)c1cc(-c2ccc(-c3ccc4c(c3)-c3c(cccc3C(N=C(N=C)C3=CC(C)CC=C3)=NCc3ccccc3)C4)cc2)cc(-c2cccc(C)c2)c1. The van der Waals surface area contributed by atoms with Gasteiger partial charge < -0.3 is 0 Å². The number of nitrogens with zero attached hydrogens (tertiary/aromatic N) is 3. The van der Waals surface area contributed by atoms with E-state index in [-0.39, 0.29) is 0 Å². The van der Waals surface area contributed by atoms with Gasteiger partial charge >= 0.3 is 0 Å². The summed E-state index contributed by atoms with van der Waals surface area (Å²) in [5.74, 6) is 1.67. The molecule has 2 aliphatic rings. The molecule has 0 aliphatic heterocycles. The fraction of sp³-hybridized carbons (Fsp3) is 0.125. The summed E-state index contributed by atoms with van der Waals surface area (Å²) in [5.41, 5.74) is 18.7. The molecule has 0 radical (unpaired) electrons. The number of hydrogen-bond acceptors (Lipinski definition) is 1. The molecule has 6 aromatic rings. The number of fused-ring (bicyclic) bond motifs is 3. The second-order valence-electron chi connectivity index (χ2n) is 15.0. The summed E-state index contributed by atoms with van der Waals surface area (Å²) in [6.45, 7) is 21.0. The molecule has 2 aliphatic carbocycles. The number of amidine groups is 2. The van der Waals surface area contributed by atoms with Crippen LogP contribution >= 0.6 is 0 Å². The van der Waals surface area contributed by atoms with Crippen LogP contribution in [0.3, 0.4) is 0 Å². The number of aliphatic imine (C=N–C) groups is 3. The molecule has 3 nitrogen and oxygen atoms in total. The average molecular weight is 766 g/mol. The summed E-state index contributed by atoms with van der Waals surface area (Å²) in [4.78, 5) is 14.8. The van der Waals surface area contributed by atoms with Crippen LogP contribution in [0.25, 0.3) is 50.1 Å². The molecule has 0 heterocycles. The van der Waals surface area contributed by atoms with Crippen molar-refractivity contribution >= 4 is 24.0 Å². The molecule has 1 atom stereocenters. The van der Waals surface area contributed by atoms with E-state index < -0.39 is 0 Å². The highest BCUT2D eigenvalue weighted by molar-refractivity contribution is 6.16. The van der Waals surface area contributed by atoms with Gasteiger partial charge in [-0.2, -0.15) is 0 Å². The van der Waals surface area contributed by atoms with Crippen molar-refractivity contribution < 1.29 is 0 Å². The van der Waals surface area contributed by atoms with Crippen molar-refractivity contribution in [1.82, 2.24) is 0 Å². The molecule has 8 rings (SSSR count). The zero-order valence-electron chi connectivity index (χ0n) is 34.5. The molecule has 59 heavy (non-hydrogen) atoms. The summed E-state index contributed by atoms with van der Waals surface area (Å²) in [7, 11) is 0. The highest BCUT2D eigenvalue weighted by Crippen LogP contribution is 2.42. The predicted octanol–water partition coefficient (Wildman–Crippen LogP) is 14.5. The molecule has 0 amide bonds. The van der Waals surface area contributed by atoms with E-state index in [1.165, 1.54) is 61.2 Å². The number of rotatable bonds is 9. The van der Waals surface area contributed by atoms with Crippen LogP contribution in [0, 0.1) is 12.8 Å². The van der Waals surface area contributed by atoms with Gasteiger partial charge in [0.15, 0.2) is 11.7 Å². The molecule has 290 valence electrons. The zero-order valence-corrected chi connectivity index (χ0v) is 34.5. The van der Waals surface area contributed by atoms with E-state index in [1.807, 2.05) is 12.1 Å². The molecule has 0 aromatic heterocycles. The van der Waals surface area contributed by atoms with Crippen molar-refractivity contribution in [2.45, 2.75) is 40.2 Å². The molecule has 0 spiro atoms. The summed E-state index contributed by atoms with van der Waals surface area (Å²) < 4.78 is 0. The summed E-state index contributed by atoms with van der Waals surface area (Å²) in [6.07, 6.45) is 12.4. The quantitative estimate of drug-likeness (QED) is 0.0607. The lowest BCUT2D eigenvalue weighted by molar-refractivity contribution is 0.733. The second-order valence-corrected chi connectivity index (χ2v) is 15.0. The molecule has 0 bridgehead atoms. The first kappa shape index (κ1) is 40.2. The Morgan fingerprint density at radius 1 is 0.712 bits per heavy atom. The minimum absolute atomic E-state index is 0.409. The number of allylic oxidation sites excluding steroid dienone is 5. The maximum Gasteiger partial charge on any atom is 0.160 e. The van der Waals surface area contributed by atoms with Crippen LogP contribution in [0.1, 0.15) is 53.6 Å². The summed E-state index contributed by atoms with van der Waals surface area (Å²) >= 11 is 0. The van der Waals surface area contributed by atoms with E-state index in [2.05, 4.69) is 204 Å². The van der Waals surface area contributed by atoms with Crippen molar-refractivity contribution in [3.05, 3.63) is 223 Å². The maximum absolute atomic E-state index is 5.17. The largest absolute Gasteiger partial charge is 0.261 e. The third-order valence-corrected chi connectivity index (χ3v) is 11.0. The van der Waals surface area contributed by atoms with E-state index >= 15 is 0 Å². The van der Waals surface area contributed by atoms with Gasteiger partial charge in [-0.3, -0.25) is 4.99 Å². The maximum atomic E-state index is 5.17. The normalized spacial score (nSPS) is 14.7. The van der Waals surface area contributed by atoms with E-state index in [9.17, 15) is 0 Å². The molecule has 6 aromatic carbocycles. The van der Waals surface area contributed by atoms with Gasteiger partial charge in [0.2, 0.25) is 0 Å². The Hall–Kier alpha value is -6.97. The van der Waals surface area contributed by atoms with Gasteiger partial charge in [0.25, 0.3) is 0 Å². The monoisotopic (exact) mass is 765 g/mol. The lowest BCUT2D eigenvalue weighted by Gasteiger charge is -2.14. The average Bonchev–Trinajstić information content (AvgIpc) is 3.66. The summed E-state index contributed by atoms with van der Waals surface area (Å²) in [5, 5.41) is 0. The Morgan fingerprint density at radius 3 is 2.10 bits per heavy atom. The van der Waals surface area contributed by atoms with E-state index in [0.29, 0.717) is 24.1 Å². The van der Waals surface area contributed by atoms with Crippen LogP contribution in [0.4, 0.5) is 0 Å². The molecule has 1 unspecified atom stereocenters. The first-order chi connectivity index (χ1) is 28.9. The van der Waals surface area contributed by atoms with Gasteiger partial charge in [-0.1, -0.05) is 159 Å². The Balaban J connectivity index is 0.00000260. The van der Waals surface area contributed by atoms with Crippen molar-refractivity contribution in [1.29, 1.82) is 0 Å².